The van der Waals surface area contributed by atoms with E-state index in [1.54, 1.807) is 0 Å². The largest absolute Gasteiger partial charge is 0.492 e. The molecule has 1 amide bonds. The highest BCUT2D eigenvalue weighted by molar-refractivity contribution is 5.76. The molecule has 1 aromatic rings. The summed E-state index contributed by atoms with van der Waals surface area (Å²) >= 11 is 0. The quantitative estimate of drug-likeness (QED) is 0.736. The van der Waals surface area contributed by atoms with Crippen molar-refractivity contribution in [2.24, 2.45) is 5.92 Å². The van der Waals surface area contributed by atoms with Gasteiger partial charge in [-0.2, -0.15) is 0 Å². The van der Waals surface area contributed by atoms with Crippen molar-refractivity contribution in [1.82, 2.24) is 10.2 Å². The Morgan fingerprint density at radius 3 is 3.00 bits per heavy atom. The molecule has 1 fully saturated rings. The zero-order chi connectivity index (χ0) is 17.3. The molecule has 1 heterocycles. The van der Waals surface area contributed by atoms with Gasteiger partial charge in [0.1, 0.15) is 12.4 Å². The lowest BCUT2D eigenvalue weighted by molar-refractivity contribution is -0.121. The van der Waals surface area contributed by atoms with E-state index in [9.17, 15) is 4.79 Å². The Bertz CT molecular complexity index is 582. The van der Waals surface area contributed by atoms with Crippen LogP contribution < -0.4 is 10.1 Å². The number of benzene rings is 1. The molecule has 2 aliphatic rings. The number of hydrogen-bond donors (Lipinski definition) is 1. The first-order chi connectivity index (χ1) is 12.3. The monoisotopic (exact) mass is 344 g/mol. The van der Waals surface area contributed by atoms with Crippen LogP contribution in [0.15, 0.2) is 36.4 Å². The van der Waals surface area contributed by atoms with Crippen LogP contribution in [0.3, 0.4) is 0 Å². The smallest absolute Gasteiger partial charge is 0.220 e. The first-order valence-corrected chi connectivity index (χ1v) is 9.25. The Morgan fingerprint density at radius 2 is 2.20 bits per heavy atom. The summed E-state index contributed by atoms with van der Waals surface area (Å²) in [6.45, 7) is 5.72. The predicted octanol–water partition coefficient (Wildman–Crippen LogP) is 2.37. The molecule has 1 aliphatic heterocycles. The second kappa shape index (κ2) is 9.59. The summed E-state index contributed by atoms with van der Waals surface area (Å²) in [5, 5.41) is 3.01. The van der Waals surface area contributed by atoms with Crippen molar-refractivity contribution >= 4 is 5.91 Å². The average Bonchev–Trinajstić information content (AvgIpc) is 3.14. The predicted molar refractivity (Wildman–Crippen MR) is 97.5 cm³/mol. The number of rotatable bonds is 8. The Morgan fingerprint density at radius 1 is 1.32 bits per heavy atom. The number of nitrogens with zero attached hydrogens (tertiary/aromatic N) is 1. The summed E-state index contributed by atoms with van der Waals surface area (Å²) in [6, 6.07) is 7.97. The minimum Gasteiger partial charge on any atom is -0.492 e. The molecule has 0 bridgehead atoms. The van der Waals surface area contributed by atoms with Crippen LogP contribution in [0, 0.1) is 5.92 Å². The maximum atomic E-state index is 12.0. The van der Waals surface area contributed by atoms with E-state index in [0.717, 1.165) is 57.0 Å². The molecule has 1 aliphatic carbocycles. The van der Waals surface area contributed by atoms with Gasteiger partial charge in [0.05, 0.1) is 13.2 Å². The number of carbonyl (C=O) groups is 1. The van der Waals surface area contributed by atoms with Gasteiger partial charge in [0.2, 0.25) is 5.91 Å². The van der Waals surface area contributed by atoms with E-state index in [-0.39, 0.29) is 5.91 Å². The fraction of sp³-hybridized carbons (Fsp3) is 0.550. The maximum absolute atomic E-state index is 12.0. The second-order valence-corrected chi connectivity index (χ2v) is 6.70. The van der Waals surface area contributed by atoms with Crippen molar-refractivity contribution < 1.29 is 14.3 Å². The van der Waals surface area contributed by atoms with E-state index in [1.165, 1.54) is 0 Å². The first kappa shape index (κ1) is 18.0. The number of morpholine rings is 1. The van der Waals surface area contributed by atoms with Crippen LogP contribution >= 0.6 is 0 Å². The molecule has 25 heavy (non-hydrogen) atoms. The standard InChI is InChI=1S/C20H28N2O3/c23-20(15-17-4-1-2-5-17)21-16-18-6-3-7-19(14-18)25-13-10-22-8-11-24-12-9-22/h1,3-4,6-7,14,17H,2,5,8-13,15-16H2,(H,21,23)/t17-/m1/s1. The Hall–Kier alpha value is -1.85. The molecular formula is C20H28N2O3. The lowest BCUT2D eigenvalue weighted by Gasteiger charge is -2.26. The topological polar surface area (TPSA) is 50.8 Å². The first-order valence-electron chi connectivity index (χ1n) is 9.25. The van der Waals surface area contributed by atoms with Gasteiger partial charge in [0.25, 0.3) is 0 Å². The van der Waals surface area contributed by atoms with Crippen molar-refractivity contribution in [3.05, 3.63) is 42.0 Å². The molecule has 0 radical (unpaired) electrons. The summed E-state index contributed by atoms with van der Waals surface area (Å²) in [7, 11) is 0. The number of nitrogens with one attached hydrogen (secondary N) is 1. The van der Waals surface area contributed by atoms with Crippen molar-refractivity contribution in [2.75, 3.05) is 39.5 Å². The van der Waals surface area contributed by atoms with Gasteiger partial charge in [-0.15, -0.1) is 0 Å². The highest BCUT2D eigenvalue weighted by Crippen LogP contribution is 2.20. The molecule has 5 nitrogen and oxygen atoms in total. The molecule has 1 saturated heterocycles. The van der Waals surface area contributed by atoms with Gasteiger partial charge in [0.15, 0.2) is 0 Å². The highest BCUT2D eigenvalue weighted by Gasteiger charge is 2.13. The summed E-state index contributed by atoms with van der Waals surface area (Å²) in [4.78, 5) is 14.4. The van der Waals surface area contributed by atoms with E-state index >= 15 is 0 Å². The molecule has 3 rings (SSSR count). The van der Waals surface area contributed by atoms with Crippen molar-refractivity contribution in [2.45, 2.75) is 25.8 Å². The van der Waals surface area contributed by atoms with Crippen LogP contribution in [-0.4, -0.2) is 50.3 Å². The van der Waals surface area contributed by atoms with Crippen molar-refractivity contribution in [1.29, 1.82) is 0 Å². The van der Waals surface area contributed by atoms with Gasteiger partial charge in [-0.3, -0.25) is 9.69 Å². The van der Waals surface area contributed by atoms with Crippen LogP contribution in [0.5, 0.6) is 5.75 Å². The molecule has 0 saturated carbocycles. The number of amides is 1. The Labute approximate surface area is 150 Å². The second-order valence-electron chi connectivity index (χ2n) is 6.70. The molecule has 1 aromatic carbocycles. The van der Waals surface area contributed by atoms with Crippen LogP contribution in [0.1, 0.15) is 24.8 Å². The van der Waals surface area contributed by atoms with Gasteiger partial charge in [-0.25, -0.2) is 0 Å². The average molecular weight is 344 g/mol. The van der Waals surface area contributed by atoms with Crippen LogP contribution in [-0.2, 0) is 16.1 Å². The minimum absolute atomic E-state index is 0.121. The fourth-order valence-electron chi connectivity index (χ4n) is 3.24. The summed E-state index contributed by atoms with van der Waals surface area (Å²) < 4.78 is 11.2. The molecule has 5 heteroatoms. The Kier molecular flexibility index (Phi) is 6.89. The highest BCUT2D eigenvalue weighted by atomic mass is 16.5. The van der Waals surface area contributed by atoms with E-state index in [1.807, 2.05) is 24.3 Å². The van der Waals surface area contributed by atoms with E-state index in [2.05, 4.69) is 22.4 Å². The summed E-state index contributed by atoms with van der Waals surface area (Å²) in [6.07, 6.45) is 7.10. The zero-order valence-electron chi connectivity index (χ0n) is 14.8. The molecule has 0 aromatic heterocycles. The lowest BCUT2D eigenvalue weighted by atomic mass is 10.1. The van der Waals surface area contributed by atoms with Crippen LogP contribution in [0.4, 0.5) is 0 Å². The van der Waals surface area contributed by atoms with Crippen LogP contribution in [0.2, 0.25) is 0 Å². The number of ether oxygens (including phenoxy) is 2. The van der Waals surface area contributed by atoms with Crippen molar-refractivity contribution in [3.63, 3.8) is 0 Å². The number of carbonyl (C=O) groups excluding carboxylic acids is 1. The summed E-state index contributed by atoms with van der Waals surface area (Å²) in [5.41, 5.74) is 1.07. The zero-order valence-corrected chi connectivity index (χ0v) is 14.8. The maximum Gasteiger partial charge on any atom is 0.220 e. The number of hydrogen-bond acceptors (Lipinski definition) is 4. The van der Waals surface area contributed by atoms with Gasteiger partial charge < -0.3 is 14.8 Å². The van der Waals surface area contributed by atoms with Gasteiger partial charge in [-0.1, -0.05) is 24.3 Å². The van der Waals surface area contributed by atoms with Crippen LogP contribution in [0.25, 0.3) is 0 Å². The normalized spacial score (nSPS) is 20.6. The van der Waals surface area contributed by atoms with Gasteiger partial charge >= 0.3 is 0 Å². The SMILES string of the molecule is O=C(C[C@@H]1C=CCC1)NCc1cccc(OCCN2CCOCC2)c1. The molecule has 1 N–H and O–H groups in total. The molecule has 136 valence electrons. The molecule has 1 atom stereocenters. The van der Waals surface area contributed by atoms with Crippen molar-refractivity contribution in [3.8, 4) is 5.75 Å². The van der Waals surface area contributed by atoms with Gasteiger partial charge in [-0.05, 0) is 36.5 Å². The third kappa shape index (κ3) is 6.18. The van der Waals surface area contributed by atoms with Gasteiger partial charge in [0, 0.05) is 32.6 Å². The third-order valence-electron chi connectivity index (χ3n) is 4.73. The molecular weight excluding hydrogens is 316 g/mol. The summed E-state index contributed by atoms with van der Waals surface area (Å²) in [5.74, 6) is 1.39. The third-order valence-corrected chi connectivity index (χ3v) is 4.73. The number of allylic oxidation sites excluding steroid dienone is 2. The van der Waals surface area contributed by atoms with E-state index in [0.29, 0.717) is 25.5 Å². The molecule has 0 spiro atoms. The van der Waals surface area contributed by atoms with E-state index < -0.39 is 0 Å². The Balaban J connectivity index is 1.38. The lowest BCUT2D eigenvalue weighted by Crippen LogP contribution is -2.38. The minimum atomic E-state index is 0.121. The fourth-order valence-corrected chi connectivity index (χ4v) is 3.24. The van der Waals surface area contributed by atoms with E-state index in [4.69, 9.17) is 9.47 Å². The molecule has 0 unspecified atom stereocenters.